The minimum Gasteiger partial charge on any atom is -0.444 e. The van der Waals surface area contributed by atoms with Crippen molar-refractivity contribution in [2.45, 2.75) is 39.2 Å². The van der Waals surface area contributed by atoms with Crippen molar-refractivity contribution in [3.8, 4) is 11.4 Å². The van der Waals surface area contributed by atoms with E-state index in [0.29, 0.717) is 49.3 Å². The Bertz CT molecular complexity index is 852. The third kappa shape index (κ3) is 5.93. The van der Waals surface area contributed by atoms with E-state index in [1.54, 1.807) is 21.9 Å². The first-order valence-corrected chi connectivity index (χ1v) is 9.93. The summed E-state index contributed by atoms with van der Waals surface area (Å²) in [6.45, 7) is 7.39. The van der Waals surface area contributed by atoms with Crippen molar-refractivity contribution in [2.75, 3.05) is 26.2 Å². The lowest BCUT2D eigenvalue weighted by Crippen LogP contribution is -2.51. The molecule has 1 aromatic heterocycles. The van der Waals surface area contributed by atoms with Gasteiger partial charge in [-0.3, -0.25) is 4.79 Å². The smallest absolute Gasteiger partial charge is 0.410 e. The Morgan fingerprint density at radius 2 is 1.72 bits per heavy atom. The van der Waals surface area contributed by atoms with E-state index in [4.69, 9.17) is 20.9 Å². The Balaban J connectivity index is 1.46. The number of benzene rings is 1. The Morgan fingerprint density at radius 3 is 2.34 bits per heavy atom. The molecule has 1 aromatic carbocycles. The minimum atomic E-state index is -0.529. The Morgan fingerprint density at radius 1 is 1.10 bits per heavy atom. The van der Waals surface area contributed by atoms with Crippen LogP contribution in [0, 0.1) is 0 Å². The Labute approximate surface area is 174 Å². The maximum Gasteiger partial charge on any atom is 0.410 e. The van der Waals surface area contributed by atoms with E-state index in [0.717, 1.165) is 5.56 Å². The molecule has 0 atom stereocenters. The molecular weight excluding hydrogens is 396 g/mol. The van der Waals surface area contributed by atoms with Crippen LogP contribution in [0.2, 0.25) is 5.02 Å². The van der Waals surface area contributed by atoms with Crippen molar-refractivity contribution in [3.63, 3.8) is 0 Å². The fraction of sp³-hybridized carbons (Fsp3) is 0.500. The minimum absolute atomic E-state index is 0.0000756. The number of hydrogen-bond acceptors (Lipinski definition) is 6. The van der Waals surface area contributed by atoms with Crippen LogP contribution in [0.3, 0.4) is 0 Å². The molecule has 9 heteroatoms. The number of nitrogens with zero attached hydrogens (tertiary/aromatic N) is 4. The molecule has 1 saturated heterocycles. The highest BCUT2D eigenvalue weighted by atomic mass is 35.5. The second kappa shape index (κ2) is 8.82. The van der Waals surface area contributed by atoms with Crippen LogP contribution in [0.4, 0.5) is 4.79 Å². The van der Waals surface area contributed by atoms with E-state index < -0.39 is 5.60 Å². The first-order valence-electron chi connectivity index (χ1n) is 9.55. The SMILES string of the molecule is CC(C)(C)OC(=O)N1CCN(C(=O)CCc2nc(-c3ccc(Cl)cc3)no2)CC1. The molecule has 0 N–H and O–H groups in total. The molecule has 29 heavy (non-hydrogen) atoms. The summed E-state index contributed by atoms with van der Waals surface area (Å²) in [4.78, 5) is 32.3. The zero-order valence-corrected chi connectivity index (χ0v) is 17.6. The van der Waals surface area contributed by atoms with Gasteiger partial charge in [-0.1, -0.05) is 16.8 Å². The van der Waals surface area contributed by atoms with Gasteiger partial charge in [0.25, 0.3) is 0 Å². The highest BCUT2D eigenvalue weighted by Gasteiger charge is 2.27. The van der Waals surface area contributed by atoms with Gasteiger partial charge < -0.3 is 19.1 Å². The van der Waals surface area contributed by atoms with Gasteiger partial charge in [-0.05, 0) is 45.0 Å². The molecule has 1 fully saturated rings. The van der Waals surface area contributed by atoms with E-state index in [9.17, 15) is 9.59 Å². The van der Waals surface area contributed by atoms with E-state index in [2.05, 4.69) is 10.1 Å². The lowest BCUT2D eigenvalue weighted by Gasteiger charge is -2.35. The van der Waals surface area contributed by atoms with Gasteiger partial charge in [0, 0.05) is 49.6 Å². The third-order valence-corrected chi connectivity index (χ3v) is 4.66. The number of halogens is 1. The summed E-state index contributed by atoms with van der Waals surface area (Å²) in [6.07, 6.45) is 0.297. The number of carbonyl (C=O) groups excluding carboxylic acids is 2. The standard InChI is InChI=1S/C20H25ClN4O4/c1-20(2,3)28-19(27)25-12-10-24(11-13-25)17(26)9-8-16-22-18(23-29-16)14-4-6-15(21)7-5-14/h4-7H,8-13H2,1-3H3. The lowest BCUT2D eigenvalue weighted by molar-refractivity contribution is -0.133. The maximum absolute atomic E-state index is 12.5. The van der Waals surface area contributed by atoms with Crippen molar-refractivity contribution in [1.29, 1.82) is 0 Å². The number of aromatic nitrogens is 2. The molecule has 2 heterocycles. The first-order chi connectivity index (χ1) is 13.7. The number of ether oxygens (including phenoxy) is 1. The van der Waals surface area contributed by atoms with Gasteiger partial charge in [0.2, 0.25) is 17.6 Å². The number of hydrogen-bond donors (Lipinski definition) is 0. The summed E-state index contributed by atoms with van der Waals surface area (Å²) in [5.74, 6) is 0.880. The number of aryl methyl sites for hydroxylation is 1. The van der Waals surface area contributed by atoms with E-state index in [-0.39, 0.29) is 18.4 Å². The summed E-state index contributed by atoms with van der Waals surface area (Å²) in [7, 11) is 0. The maximum atomic E-state index is 12.5. The molecule has 3 rings (SSSR count). The molecule has 8 nitrogen and oxygen atoms in total. The van der Waals surface area contributed by atoms with Gasteiger partial charge in [-0.2, -0.15) is 4.98 Å². The highest BCUT2D eigenvalue weighted by molar-refractivity contribution is 6.30. The van der Waals surface area contributed by atoms with Crippen LogP contribution >= 0.6 is 11.6 Å². The molecule has 0 unspecified atom stereocenters. The van der Waals surface area contributed by atoms with Crippen LogP contribution in [0.15, 0.2) is 28.8 Å². The number of amides is 2. The summed E-state index contributed by atoms with van der Waals surface area (Å²) < 4.78 is 10.6. The summed E-state index contributed by atoms with van der Waals surface area (Å²) in [5.41, 5.74) is 0.271. The fourth-order valence-corrected chi connectivity index (χ4v) is 3.04. The quantitative estimate of drug-likeness (QED) is 0.753. The largest absolute Gasteiger partial charge is 0.444 e. The first kappa shape index (κ1) is 21.1. The second-order valence-corrected chi connectivity index (χ2v) is 8.30. The van der Waals surface area contributed by atoms with Crippen molar-refractivity contribution in [1.82, 2.24) is 19.9 Å². The predicted octanol–water partition coefficient (Wildman–Crippen LogP) is 3.40. The van der Waals surface area contributed by atoms with Crippen LogP contribution in [-0.4, -0.2) is 63.7 Å². The molecule has 2 amide bonds. The molecule has 0 bridgehead atoms. The molecule has 0 aliphatic carbocycles. The average Bonchev–Trinajstić information content (AvgIpc) is 3.14. The summed E-state index contributed by atoms with van der Waals surface area (Å²) >= 11 is 5.88. The van der Waals surface area contributed by atoms with Gasteiger partial charge in [0.05, 0.1) is 0 Å². The van der Waals surface area contributed by atoms with Crippen molar-refractivity contribution in [3.05, 3.63) is 35.2 Å². The summed E-state index contributed by atoms with van der Waals surface area (Å²) in [6, 6.07) is 7.14. The van der Waals surface area contributed by atoms with Crippen LogP contribution in [0.1, 0.15) is 33.1 Å². The Hall–Kier alpha value is -2.61. The molecule has 0 spiro atoms. The number of piperazine rings is 1. The molecule has 0 radical (unpaired) electrons. The normalized spacial score (nSPS) is 14.8. The van der Waals surface area contributed by atoms with Gasteiger partial charge in [-0.25, -0.2) is 4.79 Å². The van der Waals surface area contributed by atoms with Crippen molar-refractivity contribution >= 4 is 23.6 Å². The van der Waals surface area contributed by atoms with E-state index in [1.165, 1.54) is 0 Å². The van der Waals surface area contributed by atoms with Crippen LogP contribution in [0.5, 0.6) is 0 Å². The fourth-order valence-electron chi connectivity index (χ4n) is 2.91. The van der Waals surface area contributed by atoms with Crippen molar-refractivity contribution < 1.29 is 18.8 Å². The van der Waals surface area contributed by atoms with Gasteiger partial charge in [0.15, 0.2) is 0 Å². The molecule has 1 aliphatic heterocycles. The Kier molecular flexibility index (Phi) is 6.42. The molecule has 0 saturated carbocycles. The lowest BCUT2D eigenvalue weighted by atomic mass is 10.2. The molecular formula is C20H25ClN4O4. The average molecular weight is 421 g/mol. The van der Waals surface area contributed by atoms with Crippen LogP contribution in [0.25, 0.3) is 11.4 Å². The zero-order valence-electron chi connectivity index (χ0n) is 16.9. The van der Waals surface area contributed by atoms with E-state index in [1.807, 2.05) is 32.9 Å². The zero-order chi connectivity index (χ0) is 21.0. The van der Waals surface area contributed by atoms with Crippen LogP contribution in [-0.2, 0) is 16.0 Å². The highest BCUT2D eigenvalue weighted by Crippen LogP contribution is 2.19. The predicted molar refractivity (Wildman–Crippen MR) is 107 cm³/mol. The monoisotopic (exact) mass is 420 g/mol. The van der Waals surface area contributed by atoms with Gasteiger partial charge in [0.1, 0.15) is 5.60 Å². The van der Waals surface area contributed by atoms with Crippen LogP contribution < -0.4 is 0 Å². The summed E-state index contributed by atoms with van der Waals surface area (Å²) in [5, 5.41) is 4.59. The number of carbonyl (C=O) groups is 2. The van der Waals surface area contributed by atoms with Crippen molar-refractivity contribution in [2.24, 2.45) is 0 Å². The molecule has 2 aromatic rings. The third-order valence-electron chi connectivity index (χ3n) is 4.41. The van der Waals surface area contributed by atoms with E-state index >= 15 is 0 Å². The van der Waals surface area contributed by atoms with Gasteiger partial charge >= 0.3 is 6.09 Å². The number of rotatable bonds is 4. The second-order valence-electron chi connectivity index (χ2n) is 7.87. The molecule has 156 valence electrons. The molecule has 1 aliphatic rings. The topological polar surface area (TPSA) is 88.8 Å². The van der Waals surface area contributed by atoms with Gasteiger partial charge in [-0.15, -0.1) is 0 Å².